The van der Waals surface area contributed by atoms with E-state index in [-0.39, 0.29) is 33.4 Å². The van der Waals surface area contributed by atoms with Crippen LogP contribution in [0.2, 0.25) is 0 Å². The predicted octanol–water partition coefficient (Wildman–Crippen LogP) is 2.76. The number of carboxylic acid groups (broad SMARTS) is 4. The Labute approximate surface area is 147 Å². The van der Waals surface area contributed by atoms with Crippen molar-refractivity contribution in [1.82, 2.24) is 0 Å². The van der Waals surface area contributed by atoms with E-state index in [0.717, 1.165) is 12.1 Å². The van der Waals surface area contributed by atoms with Gasteiger partial charge in [-0.05, 0) is 48.2 Å². The Morgan fingerprint density at radius 3 is 1.12 bits per heavy atom. The molecule has 0 radical (unpaired) electrons. The van der Waals surface area contributed by atoms with Crippen LogP contribution in [0.1, 0.15) is 52.6 Å². The molecule has 0 saturated heterocycles. The number of aromatic carboxylic acids is 4. The molecule has 0 aliphatic rings. The number of carbonyl (C=O) groups is 4. The third kappa shape index (κ3) is 3.25. The number of rotatable bonds is 5. The van der Waals surface area contributed by atoms with Gasteiger partial charge in [-0.15, -0.1) is 0 Å². The van der Waals surface area contributed by atoms with E-state index >= 15 is 0 Å². The molecule has 0 saturated carbocycles. The quantitative estimate of drug-likeness (QED) is 0.637. The Hall–Kier alpha value is -3.68. The Kier molecular flexibility index (Phi) is 4.79. The van der Waals surface area contributed by atoms with Crippen molar-refractivity contribution in [3.8, 4) is 11.1 Å². The fourth-order valence-electron chi connectivity index (χ4n) is 2.81. The van der Waals surface area contributed by atoms with Gasteiger partial charge in [-0.2, -0.15) is 0 Å². The van der Waals surface area contributed by atoms with Crippen LogP contribution in [-0.4, -0.2) is 44.3 Å². The zero-order chi connectivity index (χ0) is 19.8. The summed E-state index contributed by atoms with van der Waals surface area (Å²) in [6.45, 7) is 2.85. The third-order valence-electron chi connectivity index (χ3n) is 3.89. The minimum absolute atomic E-state index is 0.184. The molecule has 2 rings (SSSR count). The molecule has 0 fully saturated rings. The molecular formula is C18H14O8. The lowest BCUT2D eigenvalue weighted by Gasteiger charge is -2.13. The summed E-state index contributed by atoms with van der Waals surface area (Å²) in [7, 11) is 0. The van der Waals surface area contributed by atoms with Gasteiger partial charge in [-0.3, -0.25) is 0 Å². The van der Waals surface area contributed by atoms with Crippen molar-refractivity contribution in [2.24, 2.45) is 0 Å². The van der Waals surface area contributed by atoms with Gasteiger partial charge in [0.05, 0.1) is 22.3 Å². The first-order valence-corrected chi connectivity index (χ1v) is 7.27. The van der Waals surface area contributed by atoms with Crippen molar-refractivity contribution in [1.29, 1.82) is 0 Å². The smallest absolute Gasteiger partial charge is 0.336 e. The number of aryl methyl sites for hydroxylation is 2. The minimum atomic E-state index is -1.44. The van der Waals surface area contributed by atoms with Crippen molar-refractivity contribution in [3.63, 3.8) is 0 Å². The summed E-state index contributed by atoms with van der Waals surface area (Å²) in [6, 6.07) is 5.08. The van der Waals surface area contributed by atoms with Gasteiger partial charge in [0.25, 0.3) is 0 Å². The van der Waals surface area contributed by atoms with Crippen molar-refractivity contribution >= 4 is 23.9 Å². The highest BCUT2D eigenvalue weighted by molar-refractivity contribution is 6.05. The maximum absolute atomic E-state index is 11.4. The minimum Gasteiger partial charge on any atom is -0.478 e. The molecule has 26 heavy (non-hydrogen) atoms. The lowest BCUT2D eigenvalue weighted by molar-refractivity contribution is 0.0650. The molecule has 0 aromatic heterocycles. The first-order valence-electron chi connectivity index (χ1n) is 7.27. The Bertz CT molecular complexity index is 892. The van der Waals surface area contributed by atoms with E-state index in [1.54, 1.807) is 0 Å². The van der Waals surface area contributed by atoms with E-state index in [9.17, 15) is 39.6 Å². The van der Waals surface area contributed by atoms with Crippen LogP contribution in [0.4, 0.5) is 0 Å². The van der Waals surface area contributed by atoms with Gasteiger partial charge in [-0.25, -0.2) is 19.2 Å². The number of benzene rings is 2. The molecule has 0 aliphatic heterocycles. The third-order valence-corrected chi connectivity index (χ3v) is 3.89. The van der Waals surface area contributed by atoms with E-state index in [2.05, 4.69) is 0 Å². The molecule has 0 aliphatic carbocycles. The summed E-state index contributed by atoms with van der Waals surface area (Å²) in [5, 5.41) is 37.0. The fourth-order valence-corrected chi connectivity index (χ4v) is 2.81. The second-order valence-electron chi connectivity index (χ2n) is 5.65. The fraction of sp³-hybridized carbons (Fsp3) is 0.111. The van der Waals surface area contributed by atoms with Crippen LogP contribution in [0.15, 0.2) is 24.3 Å². The van der Waals surface area contributed by atoms with E-state index < -0.39 is 35.0 Å². The molecule has 2 aromatic carbocycles. The Balaban J connectivity index is 2.81. The SMILES string of the molecule is Cc1cc(-c2cc(C)c(C(=O)O)c(C(=O)O)c2)cc(C(=O)O)c1C(=O)O. The first-order chi connectivity index (χ1) is 12.0. The molecule has 0 heterocycles. The van der Waals surface area contributed by atoms with Gasteiger partial charge in [0, 0.05) is 0 Å². The molecule has 0 bridgehead atoms. The molecule has 8 nitrogen and oxygen atoms in total. The molecule has 2 aromatic rings. The average Bonchev–Trinajstić information content (AvgIpc) is 2.52. The Morgan fingerprint density at radius 2 is 0.885 bits per heavy atom. The Morgan fingerprint density at radius 1 is 0.577 bits per heavy atom. The van der Waals surface area contributed by atoms with Gasteiger partial charge in [0.1, 0.15) is 0 Å². The summed E-state index contributed by atoms with van der Waals surface area (Å²) < 4.78 is 0. The number of hydrogen-bond acceptors (Lipinski definition) is 4. The van der Waals surface area contributed by atoms with Gasteiger partial charge in [0.15, 0.2) is 0 Å². The summed E-state index contributed by atoms with van der Waals surface area (Å²) >= 11 is 0. The van der Waals surface area contributed by atoms with Gasteiger partial charge in [-0.1, -0.05) is 12.1 Å². The van der Waals surface area contributed by atoms with Gasteiger partial charge in [0.2, 0.25) is 0 Å². The number of carboxylic acids is 4. The summed E-state index contributed by atoms with van der Waals surface area (Å²) in [4.78, 5) is 45.4. The molecule has 0 unspecified atom stereocenters. The van der Waals surface area contributed by atoms with Gasteiger partial charge < -0.3 is 20.4 Å². The lowest BCUT2D eigenvalue weighted by atomic mass is 9.91. The highest BCUT2D eigenvalue weighted by Gasteiger charge is 2.23. The van der Waals surface area contributed by atoms with Crippen molar-refractivity contribution in [2.75, 3.05) is 0 Å². The normalized spacial score (nSPS) is 10.4. The van der Waals surface area contributed by atoms with Crippen LogP contribution in [0.25, 0.3) is 11.1 Å². The molecule has 8 heteroatoms. The topological polar surface area (TPSA) is 149 Å². The first kappa shape index (κ1) is 18.7. The van der Waals surface area contributed by atoms with E-state index in [1.165, 1.54) is 26.0 Å². The van der Waals surface area contributed by atoms with Crippen LogP contribution in [0.5, 0.6) is 0 Å². The summed E-state index contributed by atoms with van der Waals surface area (Å²) in [5.74, 6) is -5.67. The highest BCUT2D eigenvalue weighted by atomic mass is 16.4. The molecule has 0 spiro atoms. The monoisotopic (exact) mass is 358 g/mol. The van der Waals surface area contributed by atoms with Crippen LogP contribution < -0.4 is 0 Å². The van der Waals surface area contributed by atoms with Crippen molar-refractivity contribution in [3.05, 3.63) is 57.6 Å². The second kappa shape index (κ2) is 6.67. The standard InChI is InChI=1S/C18H14O8/c1-7-3-9(5-11(15(19)20)13(7)17(23)24)10-4-8(2)14(18(25)26)12(6-10)16(21)22/h3-6H,1-2H3,(H,19,20)(H,21,22)(H,23,24)(H,25,26). The molecule has 4 N–H and O–H groups in total. The average molecular weight is 358 g/mol. The van der Waals surface area contributed by atoms with E-state index in [1.807, 2.05) is 0 Å². The maximum atomic E-state index is 11.4. The van der Waals surface area contributed by atoms with Crippen molar-refractivity contribution in [2.45, 2.75) is 13.8 Å². The zero-order valence-corrected chi connectivity index (χ0v) is 13.7. The zero-order valence-electron chi connectivity index (χ0n) is 13.7. The number of hydrogen-bond donors (Lipinski definition) is 4. The van der Waals surface area contributed by atoms with E-state index in [4.69, 9.17) is 0 Å². The van der Waals surface area contributed by atoms with Crippen LogP contribution in [0.3, 0.4) is 0 Å². The predicted molar refractivity (Wildman–Crippen MR) is 89.2 cm³/mol. The van der Waals surface area contributed by atoms with Crippen LogP contribution in [-0.2, 0) is 0 Å². The van der Waals surface area contributed by atoms with Crippen molar-refractivity contribution < 1.29 is 39.6 Å². The molecule has 0 amide bonds. The van der Waals surface area contributed by atoms with Crippen LogP contribution >= 0.6 is 0 Å². The lowest BCUT2D eigenvalue weighted by Crippen LogP contribution is -2.12. The molecular weight excluding hydrogens is 344 g/mol. The molecule has 134 valence electrons. The van der Waals surface area contributed by atoms with Crippen LogP contribution in [0, 0.1) is 13.8 Å². The maximum Gasteiger partial charge on any atom is 0.336 e. The second-order valence-corrected chi connectivity index (χ2v) is 5.65. The van der Waals surface area contributed by atoms with Gasteiger partial charge >= 0.3 is 23.9 Å². The summed E-state index contributed by atoms with van der Waals surface area (Å²) in [6.07, 6.45) is 0. The largest absolute Gasteiger partial charge is 0.478 e. The highest BCUT2D eigenvalue weighted by Crippen LogP contribution is 2.29. The molecule has 0 atom stereocenters. The van der Waals surface area contributed by atoms with E-state index in [0.29, 0.717) is 0 Å². The summed E-state index contributed by atoms with van der Waals surface area (Å²) in [5.41, 5.74) is -0.695.